The first kappa shape index (κ1) is 22.7. The highest BCUT2D eigenvalue weighted by atomic mass is 35.5. The number of aryl methyl sites for hydroxylation is 1. The molecule has 1 amide bonds. The molecule has 1 N–H and O–H groups in total. The molecule has 162 valence electrons. The lowest BCUT2D eigenvalue weighted by molar-refractivity contribution is -0.113. The standard InChI is InChI=1S/C23H17Cl3N4OS/c1-14-2-4-15(5-3-14)22-28-29-23(30(22)18-9-6-16(24)7-10-18)32-13-21(31)27-20-11-8-17(25)12-19(20)26/h2-12H,13H2,1H3,(H,27,31). The number of anilines is 1. The number of hydrogen-bond donors (Lipinski definition) is 1. The van der Waals surface area contributed by atoms with Crippen LogP contribution in [-0.2, 0) is 4.79 Å². The number of benzene rings is 3. The summed E-state index contributed by atoms with van der Waals surface area (Å²) >= 11 is 19.4. The van der Waals surface area contributed by atoms with Gasteiger partial charge in [-0.1, -0.05) is 76.4 Å². The Balaban J connectivity index is 1.60. The minimum Gasteiger partial charge on any atom is -0.324 e. The van der Waals surface area contributed by atoms with Gasteiger partial charge in [-0.15, -0.1) is 10.2 Å². The summed E-state index contributed by atoms with van der Waals surface area (Å²) in [6.07, 6.45) is 0. The maximum atomic E-state index is 12.5. The predicted octanol–water partition coefficient (Wildman–Crippen LogP) is 6.93. The van der Waals surface area contributed by atoms with Gasteiger partial charge < -0.3 is 5.32 Å². The summed E-state index contributed by atoms with van der Waals surface area (Å²) in [4.78, 5) is 12.5. The van der Waals surface area contributed by atoms with Crippen LogP contribution in [0, 0.1) is 6.92 Å². The Morgan fingerprint density at radius 1 is 0.938 bits per heavy atom. The second-order valence-electron chi connectivity index (χ2n) is 6.95. The Labute approximate surface area is 204 Å². The highest BCUT2D eigenvalue weighted by Gasteiger charge is 2.18. The van der Waals surface area contributed by atoms with Crippen LogP contribution in [0.3, 0.4) is 0 Å². The summed E-state index contributed by atoms with van der Waals surface area (Å²) in [5.41, 5.74) is 3.42. The first-order chi connectivity index (χ1) is 15.4. The lowest BCUT2D eigenvalue weighted by Gasteiger charge is -2.11. The fraction of sp³-hybridized carbons (Fsp3) is 0.0870. The van der Waals surface area contributed by atoms with Gasteiger partial charge in [0.1, 0.15) is 0 Å². The number of halogens is 3. The van der Waals surface area contributed by atoms with Crippen molar-refractivity contribution in [2.75, 3.05) is 11.1 Å². The maximum Gasteiger partial charge on any atom is 0.234 e. The van der Waals surface area contributed by atoms with Crippen molar-refractivity contribution >= 4 is 58.2 Å². The number of nitrogens with one attached hydrogen (secondary N) is 1. The van der Waals surface area contributed by atoms with Gasteiger partial charge in [-0.05, 0) is 49.4 Å². The van der Waals surface area contributed by atoms with E-state index >= 15 is 0 Å². The quantitative estimate of drug-likeness (QED) is 0.290. The molecule has 0 radical (unpaired) electrons. The molecule has 4 rings (SSSR count). The van der Waals surface area contributed by atoms with Crippen molar-refractivity contribution in [2.24, 2.45) is 0 Å². The van der Waals surface area contributed by atoms with E-state index < -0.39 is 0 Å². The molecule has 5 nitrogen and oxygen atoms in total. The zero-order valence-electron chi connectivity index (χ0n) is 16.8. The van der Waals surface area contributed by atoms with Gasteiger partial charge in [0.15, 0.2) is 11.0 Å². The molecular weight excluding hydrogens is 487 g/mol. The maximum absolute atomic E-state index is 12.5. The first-order valence-corrected chi connectivity index (χ1v) is 11.7. The minimum absolute atomic E-state index is 0.124. The summed E-state index contributed by atoms with van der Waals surface area (Å²) in [6.45, 7) is 2.03. The summed E-state index contributed by atoms with van der Waals surface area (Å²) in [6, 6.07) is 20.3. The summed E-state index contributed by atoms with van der Waals surface area (Å²) in [5.74, 6) is 0.580. The second-order valence-corrected chi connectivity index (χ2v) is 9.17. The molecule has 9 heteroatoms. The average Bonchev–Trinajstić information content (AvgIpc) is 3.19. The molecule has 32 heavy (non-hydrogen) atoms. The second kappa shape index (κ2) is 9.96. The van der Waals surface area contributed by atoms with Crippen LogP contribution in [0.15, 0.2) is 71.9 Å². The van der Waals surface area contributed by atoms with Gasteiger partial charge in [-0.3, -0.25) is 9.36 Å². The molecule has 1 heterocycles. The van der Waals surface area contributed by atoms with Gasteiger partial charge in [0.05, 0.1) is 16.5 Å². The Hall–Kier alpha value is -2.51. The Morgan fingerprint density at radius 3 is 2.31 bits per heavy atom. The van der Waals surface area contributed by atoms with E-state index in [1.807, 2.05) is 47.9 Å². The molecule has 0 unspecified atom stereocenters. The number of rotatable bonds is 6. The predicted molar refractivity (Wildman–Crippen MR) is 132 cm³/mol. The molecule has 0 aliphatic rings. The summed E-state index contributed by atoms with van der Waals surface area (Å²) < 4.78 is 1.91. The van der Waals surface area contributed by atoms with E-state index in [2.05, 4.69) is 15.5 Å². The highest BCUT2D eigenvalue weighted by molar-refractivity contribution is 7.99. The van der Waals surface area contributed by atoms with Crippen molar-refractivity contribution < 1.29 is 4.79 Å². The molecule has 1 aromatic heterocycles. The smallest absolute Gasteiger partial charge is 0.234 e. The molecule has 0 aliphatic heterocycles. The van der Waals surface area contributed by atoms with Crippen molar-refractivity contribution in [3.8, 4) is 17.1 Å². The number of carbonyl (C=O) groups excluding carboxylic acids is 1. The number of carbonyl (C=O) groups is 1. The molecule has 3 aromatic carbocycles. The molecule has 0 bridgehead atoms. The molecule has 0 saturated heterocycles. The average molecular weight is 504 g/mol. The van der Waals surface area contributed by atoms with Gasteiger partial charge in [0.2, 0.25) is 5.91 Å². The van der Waals surface area contributed by atoms with E-state index in [1.54, 1.807) is 30.3 Å². The third-order valence-corrected chi connectivity index (χ3v) is 6.29. The largest absolute Gasteiger partial charge is 0.324 e. The third kappa shape index (κ3) is 5.27. The number of amides is 1. The van der Waals surface area contributed by atoms with Gasteiger partial charge in [-0.2, -0.15) is 0 Å². The van der Waals surface area contributed by atoms with Gasteiger partial charge in [0, 0.05) is 21.3 Å². The van der Waals surface area contributed by atoms with E-state index in [9.17, 15) is 4.79 Å². The molecule has 4 aromatic rings. The normalized spacial score (nSPS) is 10.9. The number of thioether (sulfide) groups is 1. The van der Waals surface area contributed by atoms with Gasteiger partial charge in [-0.25, -0.2) is 0 Å². The Kier molecular flexibility index (Phi) is 7.06. The van der Waals surface area contributed by atoms with Gasteiger partial charge >= 0.3 is 0 Å². The van der Waals surface area contributed by atoms with Crippen molar-refractivity contribution in [3.05, 3.63) is 87.4 Å². The van der Waals surface area contributed by atoms with E-state index in [0.717, 1.165) is 16.8 Å². The fourth-order valence-electron chi connectivity index (χ4n) is 2.98. The number of nitrogens with zero attached hydrogens (tertiary/aromatic N) is 3. The number of aromatic nitrogens is 3. The third-order valence-electron chi connectivity index (χ3n) is 4.57. The topological polar surface area (TPSA) is 59.8 Å². The number of hydrogen-bond acceptors (Lipinski definition) is 4. The summed E-state index contributed by atoms with van der Waals surface area (Å²) in [5, 5.41) is 13.6. The van der Waals surface area contributed by atoms with Crippen molar-refractivity contribution in [1.29, 1.82) is 0 Å². The van der Waals surface area contributed by atoms with Crippen LogP contribution in [0.5, 0.6) is 0 Å². The van der Waals surface area contributed by atoms with E-state index in [1.165, 1.54) is 11.8 Å². The molecule has 0 fully saturated rings. The van der Waals surface area contributed by atoms with Crippen LogP contribution in [0.1, 0.15) is 5.56 Å². The Bertz CT molecular complexity index is 1260. The molecular formula is C23H17Cl3N4OS. The van der Waals surface area contributed by atoms with Crippen LogP contribution < -0.4 is 5.32 Å². The zero-order valence-corrected chi connectivity index (χ0v) is 19.9. The van der Waals surface area contributed by atoms with Crippen LogP contribution in [0.2, 0.25) is 15.1 Å². The SMILES string of the molecule is Cc1ccc(-c2nnc(SCC(=O)Nc3ccc(Cl)cc3Cl)n2-c2ccc(Cl)cc2)cc1. The minimum atomic E-state index is -0.221. The lowest BCUT2D eigenvalue weighted by Crippen LogP contribution is -2.15. The molecule has 0 spiro atoms. The lowest BCUT2D eigenvalue weighted by atomic mass is 10.1. The van der Waals surface area contributed by atoms with E-state index in [-0.39, 0.29) is 11.7 Å². The Morgan fingerprint density at radius 2 is 1.62 bits per heavy atom. The monoisotopic (exact) mass is 502 g/mol. The van der Waals surface area contributed by atoms with Crippen LogP contribution in [0.4, 0.5) is 5.69 Å². The summed E-state index contributed by atoms with van der Waals surface area (Å²) in [7, 11) is 0. The first-order valence-electron chi connectivity index (χ1n) is 9.57. The zero-order chi connectivity index (χ0) is 22.7. The fourth-order valence-corrected chi connectivity index (χ4v) is 4.32. The van der Waals surface area contributed by atoms with Crippen LogP contribution in [0.25, 0.3) is 17.1 Å². The molecule has 0 saturated carbocycles. The van der Waals surface area contributed by atoms with Gasteiger partial charge in [0.25, 0.3) is 0 Å². The van der Waals surface area contributed by atoms with Crippen molar-refractivity contribution in [3.63, 3.8) is 0 Å². The van der Waals surface area contributed by atoms with E-state index in [0.29, 0.717) is 31.7 Å². The van der Waals surface area contributed by atoms with Crippen LogP contribution in [-0.4, -0.2) is 26.4 Å². The van der Waals surface area contributed by atoms with Crippen molar-refractivity contribution in [2.45, 2.75) is 12.1 Å². The highest BCUT2D eigenvalue weighted by Crippen LogP contribution is 2.30. The van der Waals surface area contributed by atoms with Crippen LogP contribution >= 0.6 is 46.6 Å². The van der Waals surface area contributed by atoms with E-state index in [4.69, 9.17) is 34.8 Å². The molecule has 0 atom stereocenters. The van der Waals surface area contributed by atoms with Crippen molar-refractivity contribution in [1.82, 2.24) is 14.8 Å². The molecule has 0 aliphatic carbocycles.